The van der Waals surface area contributed by atoms with Gasteiger partial charge in [-0.25, -0.2) is 4.21 Å². The Bertz CT molecular complexity index is 892. The number of nitrogens with zero attached hydrogens (tertiary/aromatic N) is 1. The largest absolute Gasteiger partial charge is 0.490 e. The number of nitrogens with one attached hydrogen (secondary N) is 1. The second kappa shape index (κ2) is 10.7. The zero-order valence-electron chi connectivity index (χ0n) is 17.1. The molecule has 1 aliphatic rings. The van der Waals surface area contributed by atoms with Crippen LogP contribution in [0.2, 0.25) is 0 Å². The van der Waals surface area contributed by atoms with Crippen LogP contribution in [0.3, 0.4) is 0 Å². The first-order valence-corrected chi connectivity index (χ1v) is 11.9. The molecular weight excluding hydrogens is 420 g/mol. The first kappa shape index (κ1) is 22.5. The number of rotatable bonds is 8. The zero-order valence-corrected chi connectivity index (χ0v) is 18.8. The predicted octanol–water partition coefficient (Wildman–Crippen LogP) is 3.76. The fourth-order valence-electron chi connectivity index (χ4n) is 3.08. The fraction of sp³-hybridized carbons (Fsp3) is 0.364. The number of thioether (sulfide) groups is 1. The van der Waals surface area contributed by atoms with Crippen LogP contribution in [0.15, 0.2) is 53.4 Å². The number of benzene rings is 2. The van der Waals surface area contributed by atoms with Crippen molar-refractivity contribution in [2.24, 2.45) is 0 Å². The SMILES string of the molecule is CC(=O)SCC(=O)c1ccc(NS(=O)c2ccc(OC3CCN(C)CC3)cc2)cc1. The molecule has 0 radical (unpaired) electrons. The van der Waals surface area contributed by atoms with Gasteiger partial charge in [0.15, 0.2) is 10.9 Å². The van der Waals surface area contributed by atoms with Crippen molar-refractivity contribution in [2.45, 2.75) is 30.8 Å². The summed E-state index contributed by atoms with van der Waals surface area (Å²) < 4.78 is 21.6. The second-order valence-corrected chi connectivity index (χ2v) is 9.61. The average Bonchev–Trinajstić information content (AvgIpc) is 2.74. The molecule has 0 bridgehead atoms. The highest BCUT2D eigenvalue weighted by Crippen LogP contribution is 2.21. The first-order valence-electron chi connectivity index (χ1n) is 9.81. The van der Waals surface area contributed by atoms with Crippen molar-refractivity contribution in [3.8, 4) is 5.75 Å². The monoisotopic (exact) mass is 446 g/mol. The molecule has 1 aliphatic heterocycles. The number of ketones is 1. The first-order chi connectivity index (χ1) is 14.4. The lowest BCUT2D eigenvalue weighted by Gasteiger charge is -2.29. The third-order valence-electron chi connectivity index (χ3n) is 4.83. The van der Waals surface area contributed by atoms with Crippen LogP contribution >= 0.6 is 11.8 Å². The lowest BCUT2D eigenvalue weighted by molar-refractivity contribution is -0.109. The van der Waals surface area contributed by atoms with Gasteiger partial charge in [0.25, 0.3) is 0 Å². The van der Waals surface area contributed by atoms with Gasteiger partial charge in [0.2, 0.25) is 0 Å². The third-order valence-corrected chi connectivity index (χ3v) is 6.76. The Hall–Kier alpha value is -2.16. The maximum absolute atomic E-state index is 12.6. The Labute approximate surface area is 184 Å². The van der Waals surface area contributed by atoms with Gasteiger partial charge in [0, 0.05) is 31.3 Å². The molecule has 1 atom stereocenters. The minimum absolute atomic E-state index is 0.0835. The van der Waals surface area contributed by atoms with E-state index in [9.17, 15) is 13.8 Å². The number of hydrogen-bond donors (Lipinski definition) is 1. The molecule has 8 heteroatoms. The molecule has 1 heterocycles. The van der Waals surface area contributed by atoms with E-state index in [2.05, 4.69) is 16.7 Å². The van der Waals surface area contributed by atoms with E-state index >= 15 is 0 Å². The summed E-state index contributed by atoms with van der Waals surface area (Å²) in [6.45, 7) is 3.51. The Morgan fingerprint density at radius 3 is 2.33 bits per heavy atom. The van der Waals surface area contributed by atoms with Crippen LogP contribution in [0.5, 0.6) is 5.75 Å². The van der Waals surface area contributed by atoms with Gasteiger partial charge >= 0.3 is 0 Å². The van der Waals surface area contributed by atoms with Gasteiger partial charge in [-0.3, -0.25) is 9.59 Å². The van der Waals surface area contributed by atoms with E-state index in [1.165, 1.54) is 6.92 Å². The molecule has 0 aliphatic carbocycles. The van der Waals surface area contributed by atoms with Gasteiger partial charge in [-0.15, -0.1) is 0 Å². The van der Waals surface area contributed by atoms with E-state index in [0.717, 1.165) is 43.4 Å². The van der Waals surface area contributed by atoms with Crippen molar-refractivity contribution < 1.29 is 18.5 Å². The van der Waals surface area contributed by atoms with Crippen LogP contribution in [0, 0.1) is 0 Å². The molecule has 30 heavy (non-hydrogen) atoms. The van der Waals surface area contributed by atoms with E-state index < -0.39 is 11.0 Å². The Kier molecular flexibility index (Phi) is 8.07. The molecule has 2 aromatic carbocycles. The smallest absolute Gasteiger partial charge is 0.186 e. The number of Topliss-reactive ketones (excluding diaryl/α,β-unsaturated/α-hetero) is 1. The van der Waals surface area contributed by atoms with Crippen molar-refractivity contribution >= 4 is 39.3 Å². The van der Waals surface area contributed by atoms with Crippen LogP contribution in [0.25, 0.3) is 0 Å². The van der Waals surface area contributed by atoms with Crippen molar-refractivity contribution in [1.29, 1.82) is 0 Å². The van der Waals surface area contributed by atoms with Crippen LogP contribution in [-0.2, 0) is 15.8 Å². The molecule has 0 saturated carbocycles. The summed E-state index contributed by atoms with van der Waals surface area (Å²) in [5.74, 6) is 0.805. The second-order valence-electron chi connectivity index (χ2n) is 7.24. The standard InChI is InChI=1S/C22H26N2O4S2/c1-16(25)29-15-22(26)17-3-5-18(6-4-17)23-30(27)21-9-7-19(8-10-21)28-20-11-13-24(2)14-12-20/h3-10,20,23H,11-15H2,1-2H3. The van der Waals surface area contributed by atoms with Crippen LogP contribution in [-0.4, -0.2) is 52.0 Å². The van der Waals surface area contributed by atoms with E-state index in [-0.39, 0.29) is 22.8 Å². The summed E-state index contributed by atoms with van der Waals surface area (Å²) in [6, 6.07) is 14.0. The van der Waals surface area contributed by atoms with Crippen molar-refractivity contribution in [3.63, 3.8) is 0 Å². The molecule has 160 valence electrons. The van der Waals surface area contributed by atoms with Gasteiger partial charge in [0.1, 0.15) is 22.8 Å². The third kappa shape index (κ3) is 6.68. The number of ether oxygens (including phenoxy) is 1. The summed E-state index contributed by atoms with van der Waals surface area (Å²) in [5, 5.41) is -0.0835. The summed E-state index contributed by atoms with van der Waals surface area (Å²) in [7, 11) is 0.691. The van der Waals surface area contributed by atoms with Crippen molar-refractivity contribution in [2.75, 3.05) is 30.6 Å². The number of carbonyl (C=O) groups excluding carboxylic acids is 2. The van der Waals surface area contributed by atoms with E-state index in [1.54, 1.807) is 36.4 Å². The van der Waals surface area contributed by atoms with Gasteiger partial charge in [-0.05, 0) is 68.4 Å². The highest BCUT2D eigenvalue weighted by atomic mass is 32.2. The van der Waals surface area contributed by atoms with E-state index in [1.807, 2.05) is 12.1 Å². The molecule has 1 saturated heterocycles. The number of piperidine rings is 1. The highest BCUT2D eigenvalue weighted by molar-refractivity contribution is 8.14. The summed E-state index contributed by atoms with van der Waals surface area (Å²) in [4.78, 5) is 25.9. The van der Waals surface area contributed by atoms with Crippen molar-refractivity contribution in [1.82, 2.24) is 4.90 Å². The van der Waals surface area contributed by atoms with Crippen LogP contribution < -0.4 is 9.46 Å². The maximum atomic E-state index is 12.6. The Morgan fingerprint density at radius 2 is 1.73 bits per heavy atom. The maximum Gasteiger partial charge on any atom is 0.186 e. The molecule has 0 aromatic heterocycles. The summed E-state index contributed by atoms with van der Waals surface area (Å²) in [6.07, 6.45) is 2.25. The number of anilines is 1. The molecule has 1 fully saturated rings. The lowest BCUT2D eigenvalue weighted by Crippen LogP contribution is -2.35. The fourth-order valence-corrected chi connectivity index (χ4v) is 4.43. The Morgan fingerprint density at radius 1 is 1.10 bits per heavy atom. The minimum Gasteiger partial charge on any atom is -0.490 e. The molecular formula is C22H26N2O4S2. The topological polar surface area (TPSA) is 75.7 Å². The van der Waals surface area contributed by atoms with Crippen LogP contribution in [0.1, 0.15) is 30.1 Å². The van der Waals surface area contributed by atoms with E-state index in [0.29, 0.717) is 16.1 Å². The van der Waals surface area contributed by atoms with Gasteiger partial charge in [0.05, 0.1) is 10.6 Å². The number of likely N-dealkylation sites (tertiary alicyclic amines) is 1. The van der Waals surface area contributed by atoms with Gasteiger partial charge < -0.3 is 14.4 Å². The van der Waals surface area contributed by atoms with Gasteiger partial charge in [-0.1, -0.05) is 11.8 Å². The molecule has 0 amide bonds. The molecule has 1 unspecified atom stereocenters. The van der Waals surface area contributed by atoms with E-state index in [4.69, 9.17) is 4.74 Å². The normalized spacial score (nSPS) is 16.1. The summed E-state index contributed by atoms with van der Waals surface area (Å²) >= 11 is 0.993. The quantitative estimate of drug-likeness (QED) is 0.623. The predicted molar refractivity (Wildman–Crippen MR) is 122 cm³/mol. The molecule has 1 N–H and O–H groups in total. The zero-order chi connectivity index (χ0) is 21.5. The number of carbonyl (C=O) groups is 2. The Balaban J connectivity index is 1.53. The van der Waals surface area contributed by atoms with Crippen molar-refractivity contribution in [3.05, 3.63) is 54.1 Å². The van der Waals surface area contributed by atoms with Crippen LogP contribution in [0.4, 0.5) is 5.69 Å². The highest BCUT2D eigenvalue weighted by Gasteiger charge is 2.18. The lowest BCUT2D eigenvalue weighted by atomic mass is 10.1. The number of hydrogen-bond acceptors (Lipinski definition) is 6. The summed E-state index contributed by atoms with van der Waals surface area (Å²) in [5.41, 5.74) is 1.17. The molecule has 2 aromatic rings. The minimum atomic E-state index is -1.43. The molecule has 3 rings (SSSR count). The van der Waals surface area contributed by atoms with Gasteiger partial charge in [-0.2, -0.15) is 0 Å². The average molecular weight is 447 g/mol. The molecule has 6 nitrogen and oxygen atoms in total. The molecule has 0 spiro atoms.